The lowest BCUT2D eigenvalue weighted by Gasteiger charge is -2.11. The summed E-state index contributed by atoms with van der Waals surface area (Å²) in [7, 11) is 0. The van der Waals surface area contributed by atoms with Crippen molar-refractivity contribution in [2.75, 3.05) is 5.32 Å². The van der Waals surface area contributed by atoms with Crippen LogP contribution in [0.3, 0.4) is 0 Å². The van der Waals surface area contributed by atoms with E-state index in [1.165, 1.54) is 22.2 Å². The predicted octanol–water partition coefficient (Wildman–Crippen LogP) is 5.48. The van der Waals surface area contributed by atoms with E-state index in [0.717, 1.165) is 39.6 Å². The normalized spacial score (nSPS) is 11.2. The molecule has 1 amide bonds. The Balaban J connectivity index is 1.49. The lowest BCUT2D eigenvalue weighted by Crippen LogP contribution is -2.28. The van der Waals surface area contributed by atoms with Crippen molar-refractivity contribution in [3.05, 3.63) is 94.4 Å². The summed E-state index contributed by atoms with van der Waals surface area (Å²) in [5.41, 5.74) is 3.43. The van der Waals surface area contributed by atoms with Crippen molar-refractivity contribution in [3.63, 3.8) is 0 Å². The molecule has 0 saturated heterocycles. The SMILES string of the molecule is CCc1ccccc1NC(=O)Cn1cnc2scc(-c3ccc4ccccc4c3)c2c1=O. The Labute approximate surface area is 189 Å². The van der Waals surface area contributed by atoms with Gasteiger partial charge < -0.3 is 5.32 Å². The highest BCUT2D eigenvalue weighted by atomic mass is 32.1. The number of hydrogen-bond donors (Lipinski definition) is 1. The molecular formula is C26H21N3O2S. The van der Waals surface area contributed by atoms with Gasteiger partial charge in [0.25, 0.3) is 5.56 Å². The lowest BCUT2D eigenvalue weighted by molar-refractivity contribution is -0.116. The monoisotopic (exact) mass is 439 g/mol. The van der Waals surface area contributed by atoms with Crippen molar-refractivity contribution in [2.24, 2.45) is 0 Å². The molecule has 0 spiro atoms. The number of carbonyl (C=O) groups is 1. The smallest absolute Gasteiger partial charge is 0.263 e. The van der Waals surface area contributed by atoms with Crippen LogP contribution in [0, 0.1) is 0 Å². The molecule has 0 aliphatic carbocycles. The van der Waals surface area contributed by atoms with Gasteiger partial charge in [-0.25, -0.2) is 4.98 Å². The van der Waals surface area contributed by atoms with Gasteiger partial charge in [-0.05, 0) is 40.5 Å². The largest absolute Gasteiger partial charge is 0.324 e. The number of hydrogen-bond acceptors (Lipinski definition) is 4. The first kappa shape index (κ1) is 20.2. The Bertz CT molecular complexity index is 1520. The van der Waals surface area contributed by atoms with Crippen LogP contribution in [0.2, 0.25) is 0 Å². The number of nitrogens with zero attached hydrogens (tertiary/aromatic N) is 2. The minimum atomic E-state index is -0.253. The minimum absolute atomic E-state index is 0.0904. The zero-order valence-electron chi connectivity index (χ0n) is 17.5. The molecule has 0 unspecified atom stereocenters. The molecule has 32 heavy (non-hydrogen) atoms. The highest BCUT2D eigenvalue weighted by Crippen LogP contribution is 2.32. The van der Waals surface area contributed by atoms with Gasteiger partial charge in [-0.3, -0.25) is 14.2 Å². The number of fused-ring (bicyclic) bond motifs is 2. The van der Waals surface area contributed by atoms with Gasteiger partial charge in [0.05, 0.1) is 11.7 Å². The maximum Gasteiger partial charge on any atom is 0.263 e. The Kier molecular flexibility index (Phi) is 5.29. The van der Waals surface area contributed by atoms with E-state index in [1.807, 2.05) is 54.8 Å². The summed E-state index contributed by atoms with van der Waals surface area (Å²) in [5.74, 6) is -0.253. The van der Waals surface area contributed by atoms with Crippen LogP contribution in [0.5, 0.6) is 0 Å². The number of thiophene rings is 1. The summed E-state index contributed by atoms with van der Waals surface area (Å²) in [6.45, 7) is 1.95. The lowest BCUT2D eigenvalue weighted by atomic mass is 10.0. The number of benzene rings is 3. The molecule has 0 aliphatic rings. The van der Waals surface area contributed by atoms with Crippen LogP contribution in [-0.4, -0.2) is 15.5 Å². The van der Waals surface area contributed by atoms with Crippen LogP contribution >= 0.6 is 11.3 Å². The fraction of sp³-hybridized carbons (Fsp3) is 0.115. The number of anilines is 1. The van der Waals surface area contributed by atoms with Gasteiger partial charge in [0.2, 0.25) is 5.91 Å². The molecule has 1 N–H and O–H groups in total. The van der Waals surface area contributed by atoms with E-state index < -0.39 is 0 Å². The summed E-state index contributed by atoms with van der Waals surface area (Å²) in [5, 5.41) is 7.70. The summed E-state index contributed by atoms with van der Waals surface area (Å²) >= 11 is 1.44. The standard InChI is InChI=1S/C26H21N3O2S/c1-2-17-7-5-6-10-22(17)28-23(30)14-29-16-27-25-24(26(29)31)21(15-32-25)20-12-11-18-8-3-4-9-19(18)13-20/h3-13,15-16H,2,14H2,1H3,(H,28,30). The van der Waals surface area contributed by atoms with Gasteiger partial charge in [-0.2, -0.15) is 0 Å². The van der Waals surface area contributed by atoms with Crippen LogP contribution in [-0.2, 0) is 17.8 Å². The zero-order chi connectivity index (χ0) is 22.1. The number of carbonyl (C=O) groups excluding carboxylic acids is 1. The van der Waals surface area contributed by atoms with Crippen molar-refractivity contribution in [3.8, 4) is 11.1 Å². The second kappa shape index (κ2) is 8.40. The number of para-hydroxylation sites is 1. The molecule has 0 radical (unpaired) electrons. The maximum atomic E-state index is 13.3. The molecule has 0 saturated carbocycles. The third-order valence-electron chi connectivity index (χ3n) is 5.61. The van der Waals surface area contributed by atoms with Crippen molar-refractivity contribution < 1.29 is 4.79 Å². The summed E-state index contributed by atoms with van der Waals surface area (Å²) in [4.78, 5) is 31.1. The maximum absolute atomic E-state index is 13.3. The Hall–Kier alpha value is -3.77. The minimum Gasteiger partial charge on any atom is -0.324 e. The van der Waals surface area contributed by atoms with Crippen LogP contribution in [0.1, 0.15) is 12.5 Å². The fourth-order valence-electron chi connectivity index (χ4n) is 3.94. The summed E-state index contributed by atoms with van der Waals surface area (Å²) in [6.07, 6.45) is 2.27. The molecule has 0 atom stereocenters. The number of aromatic nitrogens is 2. The van der Waals surface area contributed by atoms with Gasteiger partial charge in [-0.1, -0.05) is 61.5 Å². The van der Waals surface area contributed by atoms with Gasteiger partial charge in [0.1, 0.15) is 11.4 Å². The van der Waals surface area contributed by atoms with E-state index >= 15 is 0 Å². The van der Waals surface area contributed by atoms with Crippen molar-refractivity contribution in [1.29, 1.82) is 0 Å². The molecule has 0 bridgehead atoms. The van der Waals surface area contributed by atoms with Crippen LogP contribution in [0.4, 0.5) is 5.69 Å². The first-order chi connectivity index (χ1) is 15.6. The average molecular weight is 440 g/mol. The molecular weight excluding hydrogens is 418 g/mol. The van der Waals surface area contributed by atoms with Crippen LogP contribution < -0.4 is 10.9 Å². The molecule has 0 aliphatic heterocycles. The van der Waals surface area contributed by atoms with Crippen molar-refractivity contribution >= 4 is 43.9 Å². The van der Waals surface area contributed by atoms with Crippen LogP contribution in [0.15, 0.2) is 83.2 Å². The Morgan fingerprint density at radius 2 is 1.81 bits per heavy atom. The average Bonchev–Trinajstić information content (AvgIpc) is 3.26. The Morgan fingerprint density at radius 3 is 2.66 bits per heavy atom. The number of rotatable bonds is 5. The third kappa shape index (κ3) is 3.69. The van der Waals surface area contributed by atoms with Gasteiger partial charge in [-0.15, -0.1) is 11.3 Å². The predicted molar refractivity (Wildman–Crippen MR) is 131 cm³/mol. The highest BCUT2D eigenvalue weighted by Gasteiger charge is 2.15. The topological polar surface area (TPSA) is 64.0 Å². The van der Waals surface area contributed by atoms with Crippen molar-refractivity contribution in [1.82, 2.24) is 9.55 Å². The summed E-state index contributed by atoms with van der Waals surface area (Å²) in [6, 6.07) is 22.0. The molecule has 5 rings (SSSR count). The van der Waals surface area contributed by atoms with E-state index in [4.69, 9.17) is 0 Å². The molecule has 5 aromatic rings. The van der Waals surface area contributed by atoms with E-state index in [9.17, 15) is 9.59 Å². The summed E-state index contributed by atoms with van der Waals surface area (Å²) < 4.78 is 1.38. The first-order valence-corrected chi connectivity index (χ1v) is 11.4. The van der Waals surface area contributed by atoms with E-state index in [0.29, 0.717) is 10.2 Å². The third-order valence-corrected chi connectivity index (χ3v) is 6.49. The van der Waals surface area contributed by atoms with E-state index in [1.54, 1.807) is 0 Å². The van der Waals surface area contributed by atoms with Gasteiger partial charge in [0, 0.05) is 16.6 Å². The molecule has 3 aromatic carbocycles. The highest BCUT2D eigenvalue weighted by molar-refractivity contribution is 7.17. The quantitative estimate of drug-likeness (QED) is 0.394. The second-order valence-corrected chi connectivity index (χ2v) is 8.49. The second-order valence-electron chi connectivity index (χ2n) is 7.63. The molecule has 0 fully saturated rings. The molecule has 5 nitrogen and oxygen atoms in total. The van der Waals surface area contributed by atoms with E-state index in [-0.39, 0.29) is 18.0 Å². The number of aryl methyl sites for hydroxylation is 1. The van der Waals surface area contributed by atoms with Crippen molar-refractivity contribution in [2.45, 2.75) is 19.9 Å². The Morgan fingerprint density at radius 1 is 1.03 bits per heavy atom. The molecule has 2 heterocycles. The van der Waals surface area contributed by atoms with Gasteiger partial charge in [0.15, 0.2) is 0 Å². The molecule has 158 valence electrons. The zero-order valence-corrected chi connectivity index (χ0v) is 18.4. The van der Waals surface area contributed by atoms with Crippen LogP contribution in [0.25, 0.3) is 32.1 Å². The van der Waals surface area contributed by atoms with Gasteiger partial charge >= 0.3 is 0 Å². The van der Waals surface area contributed by atoms with E-state index in [2.05, 4.69) is 34.6 Å². The molecule has 6 heteroatoms. The number of nitrogens with one attached hydrogen (secondary N) is 1. The first-order valence-electron chi connectivity index (χ1n) is 10.5. The fourth-order valence-corrected chi connectivity index (χ4v) is 4.85. The molecule has 2 aromatic heterocycles. The number of amides is 1.